The first-order valence-corrected chi connectivity index (χ1v) is 6.13. The maximum absolute atomic E-state index is 13.9. The molecule has 0 unspecified atom stereocenters. The first-order valence-electron chi connectivity index (χ1n) is 6.13. The van der Waals surface area contributed by atoms with Crippen molar-refractivity contribution in [3.63, 3.8) is 0 Å². The van der Waals surface area contributed by atoms with Crippen molar-refractivity contribution in [1.82, 2.24) is 0 Å². The summed E-state index contributed by atoms with van der Waals surface area (Å²) < 4.78 is 18.8. The molecule has 2 aromatic rings. The molecule has 0 aromatic heterocycles. The van der Waals surface area contributed by atoms with Crippen LogP contribution in [0.1, 0.15) is 28.4 Å². The molecule has 0 aliphatic carbocycles. The molecule has 0 radical (unpaired) electrons. The third-order valence-electron chi connectivity index (χ3n) is 3.02. The number of aryl methyl sites for hydroxylation is 1. The molecule has 0 spiro atoms. The topological polar surface area (TPSA) is 26.3 Å². The maximum Gasteiger partial charge on any atom is 0.195 e. The Balaban J connectivity index is 2.38. The fraction of sp³-hybridized carbons (Fsp3) is 0.188. The van der Waals surface area contributed by atoms with Gasteiger partial charge in [0.2, 0.25) is 0 Å². The maximum atomic E-state index is 13.9. The van der Waals surface area contributed by atoms with Crippen LogP contribution >= 0.6 is 0 Å². The van der Waals surface area contributed by atoms with E-state index in [-0.39, 0.29) is 11.3 Å². The molecule has 0 fully saturated rings. The summed E-state index contributed by atoms with van der Waals surface area (Å²) in [6.07, 6.45) is 0.839. The predicted molar refractivity (Wildman–Crippen MR) is 72.2 cm³/mol. The van der Waals surface area contributed by atoms with Crippen LogP contribution in [-0.2, 0) is 6.42 Å². The molecule has 0 saturated carbocycles. The Bertz CT molecular complexity index is 605. The van der Waals surface area contributed by atoms with E-state index in [2.05, 4.69) is 0 Å². The lowest BCUT2D eigenvalue weighted by Gasteiger charge is -2.06. The molecule has 0 aliphatic rings. The van der Waals surface area contributed by atoms with Crippen LogP contribution < -0.4 is 4.74 Å². The average Bonchev–Trinajstić information content (AvgIpc) is 2.46. The number of methoxy groups -OCH3 is 1. The molecule has 0 heterocycles. The SMILES string of the molecule is CCc1cccc(C(=O)c2ccc(OC)cc2F)c1. The van der Waals surface area contributed by atoms with Gasteiger partial charge in [-0.05, 0) is 30.2 Å². The van der Waals surface area contributed by atoms with E-state index in [1.54, 1.807) is 18.2 Å². The summed E-state index contributed by atoms with van der Waals surface area (Å²) in [5.41, 5.74) is 1.62. The van der Waals surface area contributed by atoms with Crippen LogP contribution in [0.5, 0.6) is 5.75 Å². The standard InChI is InChI=1S/C16H15FO2/c1-3-11-5-4-6-12(9-11)16(18)14-8-7-13(19-2)10-15(14)17/h4-10H,3H2,1-2H3. The zero-order valence-corrected chi connectivity index (χ0v) is 10.9. The van der Waals surface area contributed by atoms with Crippen LogP contribution in [0.4, 0.5) is 4.39 Å². The normalized spacial score (nSPS) is 10.3. The van der Waals surface area contributed by atoms with Gasteiger partial charge in [-0.1, -0.05) is 25.1 Å². The van der Waals surface area contributed by atoms with Gasteiger partial charge in [-0.3, -0.25) is 4.79 Å². The number of hydrogen-bond acceptors (Lipinski definition) is 2. The van der Waals surface area contributed by atoms with Crippen molar-refractivity contribution in [1.29, 1.82) is 0 Å². The summed E-state index contributed by atoms with van der Waals surface area (Å²) >= 11 is 0. The van der Waals surface area contributed by atoms with Gasteiger partial charge in [0.15, 0.2) is 5.78 Å². The molecule has 2 nitrogen and oxygen atoms in total. The average molecular weight is 258 g/mol. The van der Waals surface area contributed by atoms with E-state index in [4.69, 9.17) is 4.74 Å². The van der Waals surface area contributed by atoms with Crippen molar-refractivity contribution in [2.24, 2.45) is 0 Å². The number of carbonyl (C=O) groups excluding carboxylic acids is 1. The monoisotopic (exact) mass is 258 g/mol. The molecular formula is C16H15FO2. The predicted octanol–water partition coefficient (Wildman–Crippen LogP) is 3.63. The number of rotatable bonds is 4. The highest BCUT2D eigenvalue weighted by Crippen LogP contribution is 2.19. The molecule has 3 heteroatoms. The number of carbonyl (C=O) groups is 1. The minimum atomic E-state index is -0.564. The molecule has 2 rings (SSSR count). The van der Waals surface area contributed by atoms with Gasteiger partial charge in [-0.15, -0.1) is 0 Å². The van der Waals surface area contributed by atoms with Gasteiger partial charge >= 0.3 is 0 Å². The van der Waals surface area contributed by atoms with Gasteiger partial charge < -0.3 is 4.74 Å². The number of ether oxygens (including phenoxy) is 1. The molecule has 2 aromatic carbocycles. The third-order valence-corrected chi connectivity index (χ3v) is 3.02. The van der Waals surface area contributed by atoms with Gasteiger partial charge in [0, 0.05) is 11.6 Å². The summed E-state index contributed by atoms with van der Waals surface area (Å²) in [4.78, 5) is 12.3. The van der Waals surface area contributed by atoms with E-state index in [0.29, 0.717) is 11.3 Å². The first-order chi connectivity index (χ1) is 9.15. The molecule has 0 N–H and O–H groups in total. The van der Waals surface area contributed by atoms with Crippen LogP contribution in [0.15, 0.2) is 42.5 Å². The third kappa shape index (κ3) is 2.81. The number of benzene rings is 2. The second-order valence-corrected chi connectivity index (χ2v) is 4.23. The fourth-order valence-electron chi connectivity index (χ4n) is 1.89. The molecule has 98 valence electrons. The Morgan fingerprint density at radius 2 is 2.00 bits per heavy atom. The number of hydrogen-bond donors (Lipinski definition) is 0. The smallest absolute Gasteiger partial charge is 0.195 e. The van der Waals surface area contributed by atoms with Crippen molar-refractivity contribution >= 4 is 5.78 Å². The van der Waals surface area contributed by atoms with E-state index >= 15 is 0 Å². The van der Waals surface area contributed by atoms with Crippen molar-refractivity contribution in [2.45, 2.75) is 13.3 Å². The van der Waals surface area contributed by atoms with Crippen LogP contribution in [0.25, 0.3) is 0 Å². The van der Waals surface area contributed by atoms with E-state index in [9.17, 15) is 9.18 Å². The van der Waals surface area contributed by atoms with Gasteiger partial charge in [0.1, 0.15) is 11.6 Å². The van der Waals surface area contributed by atoms with Crippen LogP contribution in [0, 0.1) is 5.82 Å². The Hall–Kier alpha value is -2.16. The van der Waals surface area contributed by atoms with Gasteiger partial charge in [-0.25, -0.2) is 4.39 Å². The molecule has 0 aliphatic heterocycles. The molecule has 0 atom stereocenters. The Kier molecular flexibility index (Phi) is 3.95. The molecule has 0 saturated heterocycles. The van der Waals surface area contributed by atoms with E-state index in [1.807, 2.05) is 19.1 Å². The number of ketones is 1. The van der Waals surface area contributed by atoms with Gasteiger partial charge in [-0.2, -0.15) is 0 Å². The summed E-state index contributed by atoms with van der Waals surface area (Å²) in [7, 11) is 1.46. The molecule has 0 bridgehead atoms. The first kappa shape index (κ1) is 13.3. The van der Waals surface area contributed by atoms with E-state index in [1.165, 1.54) is 19.2 Å². The highest BCUT2D eigenvalue weighted by molar-refractivity contribution is 6.09. The van der Waals surface area contributed by atoms with Crippen LogP contribution in [-0.4, -0.2) is 12.9 Å². The zero-order chi connectivity index (χ0) is 13.8. The summed E-state index contributed by atoms with van der Waals surface area (Å²) in [5, 5.41) is 0. The lowest BCUT2D eigenvalue weighted by molar-refractivity contribution is 0.103. The van der Waals surface area contributed by atoms with Gasteiger partial charge in [0.05, 0.1) is 12.7 Å². The van der Waals surface area contributed by atoms with E-state index < -0.39 is 5.82 Å². The summed E-state index contributed by atoms with van der Waals surface area (Å²) in [5.74, 6) is -0.474. The summed E-state index contributed by atoms with van der Waals surface area (Å²) in [6.45, 7) is 2.01. The Labute approximate surface area is 111 Å². The minimum Gasteiger partial charge on any atom is -0.497 e. The van der Waals surface area contributed by atoms with Crippen molar-refractivity contribution in [2.75, 3.05) is 7.11 Å². The van der Waals surface area contributed by atoms with Crippen molar-refractivity contribution in [3.8, 4) is 5.75 Å². The Morgan fingerprint density at radius 1 is 1.21 bits per heavy atom. The molecule has 19 heavy (non-hydrogen) atoms. The second kappa shape index (κ2) is 5.65. The quantitative estimate of drug-likeness (QED) is 0.783. The molecule has 0 amide bonds. The number of halogens is 1. The minimum absolute atomic E-state index is 0.0639. The lowest BCUT2D eigenvalue weighted by Crippen LogP contribution is -2.05. The summed E-state index contributed by atoms with van der Waals surface area (Å²) in [6, 6.07) is 11.5. The van der Waals surface area contributed by atoms with Crippen molar-refractivity contribution < 1.29 is 13.9 Å². The van der Waals surface area contributed by atoms with E-state index in [0.717, 1.165) is 12.0 Å². The van der Waals surface area contributed by atoms with Crippen LogP contribution in [0.3, 0.4) is 0 Å². The second-order valence-electron chi connectivity index (χ2n) is 4.23. The highest BCUT2D eigenvalue weighted by Gasteiger charge is 2.14. The Morgan fingerprint density at radius 3 is 2.63 bits per heavy atom. The zero-order valence-electron chi connectivity index (χ0n) is 10.9. The largest absolute Gasteiger partial charge is 0.497 e. The van der Waals surface area contributed by atoms with Crippen molar-refractivity contribution in [3.05, 3.63) is 65.0 Å². The van der Waals surface area contributed by atoms with Gasteiger partial charge in [0.25, 0.3) is 0 Å². The highest BCUT2D eigenvalue weighted by atomic mass is 19.1. The molecular weight excluding hydrogens is 243 g/mol. The van der Waals surface area contributed by atoms with Crippen LogP contribution in [0.2, 0.25) is 0 Å². The lowest BCUT2D eigenvalue weighted by atomic mass is 10.00. The fourth-order valence-corrected chi connectivity index (χ4v) is 1.89.